The van der Waals surface area contributed by atoms with Crippen LogP contribution in [0.5, 0.6) is 11.5 Å². The zero-order valence-corrected chi connectivity index (χ0v) is 14.5. The molecular formula is C17H12BrClN2O2. The first-order valence-corrected chi connectivity index (χ1v) is 8.20. The predicted octanol–water partition coefficient (Wildman–Crippen LogP) is 5.43. The second-order valence-corrected chi connectivity index (χ2v) is 6.58. The van der Waals surface area contributed by atoms with Crippen molar-refractivity contribution in [1.82, 2.24) is 4.98 Å². The summed E-state index contributed by atoms with van der Waals surface area (Å²) in [5.41, 5.74) is 2.01. The van der Waals surface area contributed by atoms with E-state index in [0.29, 0.717) is 5.02 Å². The third-order valence-corrected chi connectivity index (χ3v) is 4.65. The minimum atomic E-state index is 0.243. The molecule has 2 heterocycles. The molecule has 6 heteroatoms. The number of hydrogen-bond acceptors (Lipinski definition) is 4. The minimum Gasteiger partial charge on any atom is -0.454 e. The van der Waals surface area contributed by atoms with Gasteiger partial charge in [0.2, 0.25) is 6.79 Å². The van der Waals surface area contributed by atoms with Gasteiger partial charge < -0.3 is 14.8 Å². The molecule has 0 saturated carbocycles. The summed E-state index contributed by atoms with van der Waals surface area (Å²) in [5, 5.41) is 5.99. The van der Waals surface area contributed by atoms with Crippen LogP contribution < -0.4 is 14.8 Å². The molecule has 0 atom stereocenters. The largest absolute Gasteiger partial charge is 0.454 e. The molecule has 1 aromatic heterocycles. The van der Waals surface area contributed by atoms with Crippen molar-refractivity contribution < 1.29 is 9.47 Å². The van der Waals surface area contributed by atoms with Gasteiger partial charge in [-0.15, -0.1) is 0 Å². The molecule has 1 N–H and O–H groups in total. The smallest absolute Gasteiger partial charge is 0.231 e. The Bertz CT molecular complexity index is 930. The molecule has 1 aliphatic heterocycles. The monoisotopic (exact) mass is 390 g/mol. The first kappa shape index (κ1) is 14.6. The molecule has 0 saturated heterocycles. The number of nitrogens with zero attached hydrogens (tertiary/aromatic N) is 1. The van der Waals surface area contributed by atoms with Crippen molar-refractivity contribution in [2.75, 3.05) is 12.1 Å². The van der Waals surface area contributed by atoms with Gasteiger partial charge >= 0.3 is 0 Å². The van der Waals surface area contributed by atoms with Gasteiger partial charge in [0.05, 0.1) is 0 Å². The van der Waals surface area contributed by atoms with Gasteiger partial charge in [-0.25, -0.2) is 4.98 Å². The summed E-state index contributed by atoms with van der Waals surface area (Å²) >= 11 is 9.64. The fourth-order valence-corrected chi connectivity index (χ4v) is 3.15. The first-order chi connectivity index (χ1) is 11.1. The van der Waals surface area contributed by atoms with Crippen molar-refractivity contribution in [3.8, 4) is 11.5 Å². The second-order valence-electron chi connectivity index (χ2n) is 5.29. The van der Waals surface area contributed by atoms with Crippen LogP contribution >= 0.6 is 27.5 Å². The highest BCUT2D eigenvalue weighted by molar-refractivity contribution is 9.10. The Morgan fingerprint density at radius 1 is 1.13 bits per heavy atom. The molecule has 116 valence electrons. The van der Waals surface area contributed by atoms with Gasteiger partial charge in [-0.3, -0.25) is 0 Å². The Kier molecular flexibility index (Phi) is 3.54. The quantitative estimate of drug-likeness (QED) is 0.632. The summed E-state index contributed by atoms with van der Waals surface area (Å²) in [6, 6.07) is 9.63. The molecule has 2 aromatic carbocycles. The topological polar surface area (TPSA) is 43.4 Å². The van der Waals surface area contributed by atoms with E-state index >= 15 is 0 Å². The maximum absolute atomic E-state index is 6.10. The Labute approximate surface area is 146 Å². The van der Waals surface area contributed by atoms with Crippen LogP contribution in [-0.2, 0) is 0 Å². The predicted molar refractivity (Wildman–Crippen MR) is 95.0 cm³/mol. The number of pyridine rings is 1. The lowest BCUT2D eigenvalue weighted by atomic mass is 10.1. The van der Waals surface area contributed by atoms with Gasteiger partial charge in [-0.2, -0.15) is 0 Å². The zero-order valence-electron chi connectivity index (χ0n) is 12.2. The summed E-state index contributed by atoms with van der Waals surface area (Å²) in [5.74, 6) is 2.21. The number of hydrogen-bond donors (Lipinski definition) is 1. The van der Waals surface area contributed by atoms with Gasteiger partial charge in [0.1, 0.15) is 5.82 Å². The summed E-state index contributed by atoms with van der Waals surface area (Å²) < 4.78 is 11.8. The Morgan fingerprint density at radius 2 is 1.87 bits per heavy atom. The van der Waals surface area contributed by atoms with Crippen molar-refractivity contribution in [2.45, 2.75) is 6.92 Å². The third kappa shape index (κ3) is 2.60. The lowest BCUT2D eigenvalue weighted by molar-refractivity contribution is 0.174. The molecule has 1 aliphatic rings. The molecule has 23 heavy (non-hydrogen) atoms. The van der Waals surface area contributed by atoms with E-state index in [9.17, 15) is 0 Å². The van der Waals surface area contributed by atoms with Gasteiger partial charge in [-0.1, -0.05) is 17.7 Å². The normalized spacial score (nSPS) is 12.7. The summed E-state index contributed by atoms with van der Waals surface area (Å²) in [4.78, 5) is 4.50. The number of ether oxygens (including phenoxy) is 2. The fourth-order valence-electron chi connectivity index (χ4n) is 2.55. The molecule has 0 bridgehead atoms. The molecule has 0 aliphatic carbocycles. The average Bonchev–Trinajstić information content (AvgIpc) is 2.99. The molecule has 0 unspecified atom stereocenters. The lowest BCUT2D eigenvalue weighted by Gasteiger charge is -2.13. The maximum atomic E-state index is 6.10. The SMILES string of the molecule is Cc1ccc(Cl)cc1Nc1ncc(Br)c2cc3c(cc12)OCO3. The average molecular weight is 392 g/mol. The zero-order chi connectivity index (χ0) is 16.0. The van der Waals surface area contributed by atoms with E-state index in [0.717, 1.165) is 43.8 Å². The van der Waals surface area contributed by atoms with Gasteiger partial charge in [0, 0.05) is 32.2 Å². The number of aromatic nitrogens is 1. The molecular weight excluding hydrogens is 380 g/mol. The Morgan fingerprint density at radius 3 is 2.65 bits per heavy atom. The van der Waals surface area contributed by atoms with Crippen LogP contribution in [-0.4, -0.2) is 11.8 Å². The van der Waals surface area contributed by atoms with Gasteiger partial charge in [-0.05, 0) is 52.7 Å². The van der Waals surface area contributed by atoms with Crippen LogP contribution in [0.3, 0.4) is 0 Å². The highest BCUT2D eigenvalue weighted by atomic mass is 79.9. The summed E-state index contributed by atoms with van der Waals surface area (Å²) in [7, 11) is 0. The molecule has 3 aromatic rings. The third-order valence-electron chi connectivity index (χ3n) is 3.78. The van der Waals surface area contributed by atoms with Crippen molar-refractivity contribution in [1.29, 1.82) is 0 Å². The molecule has 0 amide bonds. The number of halogens is 2. The number of nitrogens with one attached hydrogen (secondary N) is 1. The Balaban J connectivity index is 1.87. The van der Waals surface area contributed by atoms with E-state index in [1.807, 2.05) is 37.3 Å². The van der Waals surface area contributed by atoms with E-state index in [4.69, 9.17) is 21.1 Å². The number of benzene rings is 2. The van der Waals surface area contributed by atoms with E-state index in [2.05, 4.69) is 26.2 Å². The van der Waals surface area contributed by atoms with Crippen molar-refractivity contribution in [3.63, 3.8) is 0 Å². The van der Waals surface area contributed by atoms with Crippen LogP contribution in [0.4, 0.5) is 11.5 Å². The van der Waals surface area contributed by atoms with E-state index in [1.165, 1.54) is 0 Å². The molecule has 4 rings (SSSR count). The minimum absolute atomic E-state index is 0.243. The van der Waals surface area contributed by atoms with Crippen molar-refractivity contribution in [3.05, 3.63) is 51.6 Å². The van der Waals surface area contributed by atoms with Crippen LogP contribution in [0, 0.1) is 6.92 Å². The van der Waals surface area contributed by atoms with Gasteiger partial charge in [0.25, 0.3) is 0 Å². The Hall–Kier alpha value is -1.98. The van der Waals surface area contributed by atoms with E-state index in [-0.39, 0.29) is 6.79 Å². The molecule has 4 nitrogen and oxygen atoms in total. The standard InChI is InChI=1S/C17H12BrClN2O2/c1-9-2-3-10(19)4-14(9)21-17-12-6-16-15(22-8-23-16)5-11(12)13(18)7-20-17/h2-7H,8H2,1H3,(H,20,21). The molecule has 0 fully saturated rings. The summed E-state index contributed by atoms with van der Waals surface area (Å²) in [6.07, 6.45) is 1.77. The molecule has 0 radical (unpaired) electrons. The number of rotatable bonds is 2. The van der Waals surface area contributed by atoms with Crippen LogP contribution in [0.2, 0.25) is 5.02 Å². The van der Waals surface area contributed by atoms with Crippen LogP contribution in [0.1, 0.15) is 5.56 Å². The van der Waals surface area contributed by atoms with Crippen LogP contribution in [0.25, 0.3) is 10.8 Å². The maximum Gasteiger partial charge on any atom is 0.231 e. The van der Waals surface area contributed by atoms with E-state index in [1.54, 1.807) is 6.20 Å². The second kappa shape index (κ2) is 5.58. The first-order valence-electron chi connectivity index (χ1n) is 7.03. The highest BCUT2D eigenvalue weighted by Gasteiger charge is 2.18. The van der Waals surface area contributed by atoms with Crippen LogP contribution in [0.15, 0.2) is 41.0 Å². The van der Waals surface area contributed by atoms with Crippen molar-refractivity contribution in [2.24, 2.45) is 0 Å². The fraction of sp³-hybridized carbons (Fsp3) is 0.118. The van der Waals surface area contributed by atoms with Gasteiger partial charge in [0.15, 0.2) is 11.5 Å². The number of aryl methyl sites for hydroxylation is 1. The van der Waals surface area contributed by atoms with Crippen molar-refractivity contribution >= 4 is 49.8 Å². The lowest BCUT2D eigenvalue weighted by Crippen LogP contribution is -1.97. The summed E-state index contributed by atoms with van der Waals surface area (Å²) in [6.45, 7) is 2.27. The molecule has 0 spiro atoms. The number of anilines is 2. The van der Waals surface area contributed by atoms with E-state index < -0.39 is 0 Å². The number of fused-ring (bicyclic) bond motifs is 2. The highest BCUT2D eigenvalue weighted by Crippen LogP contribution is 2.41.